The van der Waals surface area contributed by atoms with Crippen LogP contribution in [0, 0.1) is 5.82 Å². The minimum atomic E-state index is -1.39. The summed E-state index contributed by atoms with van der Waals surface area (Å²) >= 11 is 0.997. The van der Waals surface area contributed by atoms with Gasteiger partial charge in [-0.25, -0.2) is 9.18 Å². The number of rotatable bonds is 4. The van der Waals surface area contributed by atoms with Crippen LogP contribution >= 0.6 is 11.5 Å². The average molecular weight is 268 g/mol. The maximum atomic E-state index is 13.4. The molecular weight excluding hydrogens is 259 g/mol. The number of aryl methyl sites for hydroxylation is 1. The van der Waals surface area contributed by atoms with Gasteiger partial charge in [0.25, 0.3) is 5.19 Å². The van der Waals surface area contributed by atoms with Crippen LogP contribution in [0.25, 0.3) is 0 Å². The van der Waals surface area contributed by atoms with E-state index >= 15 is 0 Å². The highest BCUT2D eigenvalue weighted by Gasteiger charge is 2.18. The molecule has 0 bridgehead atoms. The minimum absolute atomic E-state index is 0.0821. The van der Waals surface area contributed by atoms with Gasteiger partial charge in [0, 0.05) is 18.0 Å². The summed E-state index contributed by atoms with van der Waals surface area (Å²) < 4.78 is 22.6. The zero-order valence-corrected chi connectivity index (χ0v) is 10.2. The van der Waals surface area contributed by atoms with E-state index in [2.05, 4.69) is 9.36 Å². The van der Waals surface area contributed by atoms with Crippen LogP contribution in [0.1, 0.15) is 23.1 Å². The first-order chi connectivity index (χ1) is 8.61. The first-order valence-corrected chi connectivity index (χ1v) is 5.91. The molecule has 0 atom stereocenters. The third-order valence-electron chi connectivity index (χ3n) is 2.15. The summed E-state index contributed by atoms with van der Waals surface area (Å²) in [6.45, 7) is 1.89. The van der Waals surface area contributed by atoms with Gasteiger partial charge in [-0.1, -0.05) is 13.0 Å². The Kier molecular flexibility index (Phi) is 3.52. The molecule has 0 amide bonds. The molecule has 0 unspecified atom stereocenters. The van der Waals surface area contributed by atoms with E-state index < -0.39 is 17.3 Å². The third-order valence-corrected chi connectivity index (χ3v) is 2.79. The van der Waals surface area contributed by atoms with Crippen molar-refractivity contribution >= 4 is 17.5 Å². The van der Waals surface area contributed by atoms with E-state index in [0.29, 0.717) is 12.2 Å². The van der Waals surface area contributed by atoms with Gasteiger partial charge < -0.3 is 9.84 Å². The van der Waals surface area contributed by atoms with Crippen molar-refractivity contribution in [1.29, 1.82) is 0 Å². The first kappa shape index (κ1) is 12.4. The average Bonchev–Trinajstić information content (AvgIpc) is 2.76. The van der Waals surface area contributed by atoms with Crippen molar-refractivity contribution < 1.29 is 19.0 Å². The number of carboxylic acid groups (broad SMARTS) is 1. The number of aromatic carboxylic acids is 1. The lowest BCUT2D eigenvalue weighted by Crippen LogP contribution is -2.03. The number of hydrogen-bond acceptors (Lipinski definition) is 5. The number of benzene rings is 1. The molecule has 2 rings (SSSR count). The SMILES string of the molecule is CCc1nsc(Oc2cccc(F)c2C(=O)O)n1. The van der Waals surface area contributed by atoms with Gasteiger partial charge in [-0.3, -0.25) is 0 Å². The Hall–Kier alpha value is -2.02. The van der Waals surface area contributed by atoms with Crippen LogP contribution in [-0.4, -0.2) is 20.4 Å². The quantitative estimate of drug-likeness (QED) is 0.923. The topological polar surface area (TPSA) is 72.3 Å². The third kappa shape index (κ3) is 2.45. The van der Waals surface area contributed by atoms with E-state index in [4.69, 9.17) is 9.84 Å². The summed E-state index contributed by atoms with van der Waals surface area (Å²) in [4.78, 5) is 15.0. The zero-order valence-electron chi connectivity index (χ0n) is 9.38. The predicted octanol–water partition coefficient (Wildman–Crippen LogP) is 2.73. The highest BCUT2D eigenvalue weighted by atomic mass is 32.1. The standard InChI is InChI=1S/C11H9FN2O3S/c1-2-8-13-11(18-14-8)17-7-5-3-4-6(12)9(7)10(15)16/h3-5H,2H2,1H3,(H,15,16). The molecular formula is C11H9FN2O3S. The van der Waals surface area contributed by atoms with Crippen LogP contribution in [0.2, 0.25) is 0 Å². The second-order valence-electron chi connectivity index (χ2n) is 3.35. The molecule has 0 aliphatic rings. The predicted molar refractivity (Wildman–Crippen MR) is 62.7 cm³/mol. The summed E-state index contributed by atoms with van der Waals surface area (Å²) in [7, 11) is 0. The van der Waals surface area contributed by atoms with Crippen LogP contribution in [-0.2, 0) is 6.42 Å². The molecule has 1 N–H and O–H groups in total. The second kappa shape index (κ2) is 5.09. The molecule has 1 aromatic heterocycles. The van der Waals surface area contributed by atoms with Crippen LogP contribution in [0.5, 0.6) is 10.9 Å². The number of carboxylic acids is 1. The van der Waals surface area contributed by atoms with Gasteiger partial charge in [0.1, 0.15) is 23.0 Å². The van der Waals surface area contributed by atoms with Crippen molar-refractivity contribution in [2.24, 2.45) is 0 Å². The van der Waals surface area contributed by atoms with Crippen molar-refractivity contribution in [3.05, 3.63) is 35.4 Å². The number of ether oxygens (including phenoxy) is 1. The molecule has 0 spiro atoms. The van der Waals surface area contributed by atoms with Gasteiger partial charge in [0.2, 0.25) is 0 Å². The van der Waals surface area contributed by atoms with Crippen molar-refractivity contribution in [2.75, 3.05) is 0 Å². The Labute approximate surface area is 106 Å². The van der Waals surface area contributed by atoms with E-state index in [-0.39, 0.29) is 10.9 Å². The number of halogens is 1. The molecule has 0 fully saturated rings. The summed E-state index contributed by atoms with van der Waals surface area (Å²) in [5.74, 6) is -1.71. The molecule has 0 saturated carbocycles. The monoisotopic (exact) mass is 268 g/mol. The van der Waals surface area contributed by atoms with Crippen molar-refractivity contribution in [3.8, 4) is 10.9 Å². The number of nitrogens with zero attached hydrogens (tertiary/aromatic N) is 2. The fraction of sp³-hybridized carbons (Fsp3) is 0.182. The molecule has 0 radical (unpaired) electrons. The summed E-state index contributed by atoms with van der Waals surface area (Å²) in [6, 6.07) is 3.81. The van der Waals surface area contributed by atoms with E-state index in [1.165, 1.54) is 12.1 Å². The lowest BCUT2D eigenvalue weighted by molar-refractivity contribution is 0.0689. The van der Waals surface area contributed by atoms with E-state index in [9.17, 15) is 9.18 Å². The Morgan fingerprint density at radius 3 is 2.94 bits per heavy atom. The Balaban J connectivity index is 2.34. The van der Waals surface area contributed by atoms with Crippen LogP contribution < -0.4 is 4.74 Å². The minimum Gasteiger partial charge on any atom is -0.477 e. The van der Waals surface area contributed by atoms with Gasteiger partial charge in [-0.2, -0.15) is 9.36 Å². The lowest BCUT2D eigenvalue weighted by Gasteiger charge is -2.05. The summed E-state index contributed by atoms with van der Waals surface area (Å²) in [6.07, 6.45) is 0.648. The van der Waals surface area contributed by atoms with E-state index in [1.54, 1.807) is 0 Å². The fourth-order valence-electron chi connectivity index (χ4n) is 1.31. The van der Waals surface area contributed by atoms with Gasteiger partial charge in [0.05, 0.1) is 0 Å². The second-order valence-corrected chi connectivity index (χ2v) is 4.06. The van der Waals surface area contributed by atoms with Crippen molar-refractivity contribution in [2.45, 2.75) is 13.3 Å². The molecule has 1 heterocycles. The summed E-state index contributed by atoms with van der Waals surface area (Å²) in [5, 5.41) is 9.12. The highest BCUT2D eigenvalue weighted by Crippen LogP contribution is 2.28. The van der Waals surface area contributed by atoms with Crippen LogP contribution in [0.15, 0.2) is 18.2 Å². The normalized spacial score (nSPS) is 10.3. The van der Waals surface area contributed by atoms with E-state index in [1.807, 2.05) is 6.92 Å². The highest BCUT2D eigenvalue weighted by molar-refractivity contribution is 7.07. The van der Waals surface area contributed by atoms with Gasteiger partial charge >= 0.3 is 5.97 Å². The first-order valence-electron chi connectivity index (χ1n) is 5.14. The van der Waals surface area contributed by atoms with Crippen molar-refractivity contribution in [1.82, 2.24) is 9.36 Å². The number of carbonyl (C=O) groups is 1. The molecule has 0 aliphatic carbocycles. The lowest BCUT2D eigenvalue weighted by atomic mass is 10.2. The number of aromatic nitrogens is 2. The maximum absolute atomic E-state index is 13.4. The molecule has 94 valence electrons. The Morgan fingerprint density at radius 1 is 1.56 bits per heavy atom. The number of hydrogen-bond donors (Lipinski definition) is 1. The molecule has 5 nitrogen and oxygen atoms in total. The Bertz CT molecular complexity index is 585. The molecule has 7 heteroatoms. The fourth-order valence-corrected chi connectivity index (χ4v) is 1.94. The molecule has 2 aromatic rings. The summed E-state index contributed by atoms with van der Waals surface area (Å²) in [5.41, 5.74) is -0.509. The zero-order chi connectivity index (χ0) is 13.1. The van der Waals surface area contributed by atoms with Crippen LogP contribution in [0.4, 0.5) is 4.39 Å². The molecule has 0 saturated heterocycles. The van der Waals surface area contributed by atoms with Gasteiger partial charge in [-0.05, 0) is 12.1 Å². The van der Waals surface area contributed by atoms with Gasteiger partial charge in [0.15, 0.2) is 0 Å². The van der Waals surface area contributed by atoms with Gasteiger partial charge in [-0.15, -0.1) is 0 Å². The Morgan fingerprint density at radius 2 is 2.33 bits per heavy atom. The molecule has 18 heavy (non-hydrogen) atoms. The van der Waals surface area contributed by atoms with Crippen molar-refractivity contribution in [3.63, 3.8) is 0 Å². The largest absolute Gasteiger partial charge is 0.477 e. The maximum Gasteiger partial charge on any atom is 0.342 e. The smallest absolute Gasteiger partial charge is 0.342 e. The van der Waals surface area contributed by atoms with E-state index in [0.717, 1.165) is 17.6 Å². The molecule has 0 aliphatic heterocycles. The van der Waals surface area contributed by atoms with Crippen LogP contribution in [0.3, 0.4) is 0 Å². The molecule has 1 aromatic carbocycles.